The highest BCUT2D eigenvalue weighted by Crippen LogP contribution is 2.19. The van der Waals surface area contributed by atoms with E-state index in [1.165, 1.54) is 24.3 Å². The molecule has 1 N–H and O–H groups in total. The van der Waals surface area contributed by atoms with Gasteiger partial charge in [0.1, 0.15) is 5.82 Å². The number of benzene rings is 3. The van der Waals surface area contributed by atoms with Crippen LogP contribution >= 0.6 is 0 Å². The molecule has 0 radical (unpaired) electrons. The van der Waals surface area contributed by atoms with Crippen molar-refractivity contribution in [2.75, 3.05) is 0 Å². The minimum Gasteiger partial charge on any atom is -0.349 e. The Balaban J connectivity index is 1.62. The largest absolute Gasteiger partial charge is 0.349 e. The second kappa shape index (κ2) is 9.60. The summed E-state index contributed by atoms with van der Waals surface area (Å²) in [7, 11) is 0. The Labute approximate surface area is 164 Å². The summed E-state index contributed by atoms with van der Waals surface area (Å²) in [5.41, 5.74) is 2.56. The number of ketones is 1. The molecule has 0 aliphatic heterocycles. The lowest BCUT2D eigenvalue weighted by Gasteiger charge is -2.19. The standard InChI is InChI=1S/C24H22FNO2/c25-21-13-11-20(12-14-21)23(27)15-16-24(28)26-22(19-9-5-2-6-10-19)17-18-7-3-1-4-8-18/h1-14,22H,15-17H2,(H,26,28). The molecule has 1 amide bonds. The smallest absolute Gasteiger partial charge is 0.220 e. The third kappa shape index (κ3) is 5.61. The molecule has 3 aromatic carbocycles. The van der Waals surface area contributed by atoms with Gasteiger partial charge in [0.15, 0.2) is 5.78 Å². The first-order chi connectivity index (χ1) is 13.6. The first kappa shape index (κ1) is 19.5. The monoisotopic (exact) mass is 375 g/mol. The highest BCUT2D eigenvalue weighted by molar-refractivity contribution is 5.97. The van der Waals surface area contributed by atoms with Gasteiger partial charge >= 0.3 is 0 Å². The molecule has 0 aliphatic carbocycles. The van der Waals surface area contributed by atoms with E-state index in [0.717, 1.165) is 11.1 Å². The van der Waals surface area contributed by atoms with Crippen LogP contribution in [0, 0.1) is 5.82 Å². The van der Waals surface area contributed by atoms with Gasteiger partial charge in [0.05, 0.1) is 6.04 Å². The third-order valence-corrected chi connectivity index (χ3v) is 4.57. The normalized spacial score (nSPS) is 11.6. The van der Waals surface area contributed by atoms with Crippen molar-refractivity contribution in [3.05, 3.63) is 107 Å². The summed E-state index contributed by atoms with van der Waals surface area (Å²) >= 11 is 0. The van der Waals surface area contributed by atoms with E-state index in [1.807, 2.05) is 60.7 Å². The molecule has 1 unspecified atom stereocenters. The van der Waals surface area contributed by atoms with Crippen LogP contribution in [0.25, 0.3) is 0 Å². The molecule has 0 aliphatic rings. The van der Waals surface area contributed by atoms with E-state index in [0.29, 0.717) is 12.0 Å². The van der Waals surface area contributed by atoms with Crippen molar-refractivity contribution in [2.24, 2.45) is 0 Å². The first-order valence-electron chi connectivity index (χ1n) is 9.29. The summed E-state index contributed by atoms with van der Waals surface area (Å²) < 4.78 is 13.0. The molecule has 28 heavy (non-hydrogen) atoms. The highest BCUT2D eigenvalue weighted by Gasteiger charge is 2.16. The molecule has 3 aromatic rings. The van der Waals surface area contributed by atoms with Gasteiger partial charge in [0.25, 0.3) is 0 Å². The van der Waals surface area contributed by atoms with Gasteiger partial charge in [0.2, 0.25) is 5.91 Å². The minimum absolute atomic E-state index is 0.0876. The van der Waals surface area contributed by atoms with E-state index in [-0.39, 0.29) is 36.4 Å². The second-order valence-corrected chi connectivity index (χ2v) is 6.65. The number of rotatable bonds is 8. The van der Waals surface area contributed by atoms with Crippen LogP contribution in [0.2, 0.25) is 0 Å². The first-order valence-corrected chi connectivity index (χ1v) is 9.29. The number of Topliss-reactive ketones (excluding diaryl/α,β-unsaturated/α-hetero) is 1. The maximum Gasteiger partial charge on any atom is 0.220 e. The van der Waals surface area contributed by atoms with E-state index < -0.39 is 0 Å². The number of nitrogens with one attached hydrogen (secondary N) is 1. The van der Waals surface area contributed by atoms with E-state index >= 15 is 0 Å². The van der Waals surface area contributed by atoms with Gasteiger partial charge in [-0.2, -0.15) is 0 Å². The van der Waals surface area contributed by atoms with E-state index in [9.17, 15) is 14.0 Å². The lowest BCUT2D eigenvalue weighted by molar-refractivity contribution is -0.121. The molecule has 0 aromatic heterocycles. The predicted molar refractivity (Wildman–Crippen MR) is 107 cm³/mol. The second-order valence-electron chi connectivity index (χ2n) is 6.65. The van der Waals surface area contributed by atoms with Gasteiger partial charge in [-0.1, -0.05) is 60.7 Å². The van der Waals surface area contributed by atoms with Crippen LogP contribution in [-0.4, -0.2) is 11.7 Å². The van der Waals surface area contributed by atoms with Gasteiger partial charge in [-0.15, -0.1) is 0 Å². The molecule has 142 valence electrons. The SMILES string of the molecule is O=C(CCC(=O)c1ccc(F)cc1)NC(Cc1ccccc1)c1ccccc1. The van der Waals surface area contributed by atoms with Crippen LogP contribution in [0.3, 0.4) is 0 Å². The molecule has 0 saturated carbocycles. The molecule has 3 rings (SSSR count). The fourth-order valence-electron chi connectivity index (χ4n) is 3.06. The molecule has 0 spiro atoms. The third-order valence-electron chi connectivity index (χ3n) is 4.57. The van der Waals surface area contributed by atoms with Gasteiger partial charge in [-0.3, -0.25) is 9.59 Å². The molecule has 3 nitrogen and oxygen atoms in total. The Morgan fingerprint density at radius 3 is 2.04 bits per heavy atom. The van der Waals surface area contributed by atoms with Crippen molar-refractivity contribution in [3.8, 4) is 0 Å². The fourth-order valence-corrected chi connectivity index (χ4v) is 3.06. The summed E-state index contributed by atoms with van der Waals surface area (Å²) in [6.07, 6.45) is 0.848. The fraction of sp³-hybridized carbons (Fsp3) is 0.167. The van der Waals surface area contributed by atoms with Gasteiger partial charge in [-0.25, -0.2) is 4.39 Å². The number of halogens is 1. The maximum atomic E-state index is 13.0. The number of hydrogen-bond donors (Lipinski definition) is 1. The molecule has 4 heteroatoms. The van der Waals surface area contributed by atoms with Crippen LogP contribution in [0.4, 0.5) is 4.39 Å². The molecular formula is C24H22FNO2. The zero-order valence-corrected chi connectivity index (χ0v) is 15.5. The number of carbonyl (C=O) groups is 2. The van der Waals surface area contributed by atoms with Crippen molar-refractivity contribution in [3.63, 3.8) is 0 Å². The summed E-state index contributed by atoms with van der Waals surface area (Å²) in [6, 6.07) is 25.0. The Bertz CT molecular complexity index is 908. The number of carbonyl (C=O) groups excluding carboxylic acids is 2. The van der Waals surface area contributed by atoms with Crippen molar-refractivity contribution < 1.29 is 14.0 Å². The van der Waals surface area contributed by atoms with E-state index in [4.69, 9.17) is 0 Å². The van der Waals surface area contributed by atoms with Crippen LogP contribution < -0.4 is 5.32 Å². The molecule has 0 fully saturated rings. The van der Waals surface area contributed by atoms with Crippen molar-refractivity contribution in [1.29, 1.82) is 0 Å². The van der Waals surface area contributed by atoms with Gasteiger partial charge < -0.3 is 5.32 Å². The quantitative estimate of drug-likeness (QED) is 0.570. The zero-order chi connectivity index (χ0) is 19.8. The van der Waals surface area contributed by atoms with E-state index in [2.05, 4.69) is 5.32 Å². The Kier molecular flexibility index (Phi) is 6.68. The lowest BCUT2D eigenvalue weighted by atomic mass is 9.98. The summed E-state index contributed by atoms with van der Waals surface area (Å²) in [6.45, 7) is 0. The van der Waals surface area contributed by atoms with Gasteiger partial charge in [-0.05, 0) is 41.8 Å². The summed E-state index contributed by atoms with van der Waals surface area (Å²) in [5, 5.41) is 3.05. The van der Waals surface area contributed by atoms with Crippen molar-refractivity contribution in [1.82, 2.24) is 5.32 Å². The van der Waals surface area contributed by atoms with E-state index in [1.54, 1.807) is 0 Å². The van der Waals surface area contributed by atoms with Crippen LogP contribution in [0.1, 0.15) is 40.4 Å². The van der Waals surface area contributed by atoms with Crippen LogP contribution in [-0.2, 0) is 11.2 Å². The molecule has 1 atom stereocenters. The minimum atomic E-state index is -0.388. The van der Waals surface area contributed by atoms with Crippen molar-refractivity contribution in [2.45, 2.75) is 25.3 Å². The molecule has 0 bridgehead atoms. The number of hydrogen-bond acceptors (Lipinski definition) is 2. The lowest BCUT2D eigenvalue weighted by Crippen LogP contribution is -2.30. The highest BCUT2D eigenvalue weighted by atomic mass is 19.1. The molecular weight excluding hydrogens is 353 g/mol. The maximum absolute atomic E-state index is 13.0. The average Bonchev–Trinajstić information content (AvgIpc) is 2.73. The van der Waals surface area contributed by atoms with Crippen LogP contribution in [0.5, 0.6) is 0 Å². The zero-order valence-electron chi connectivity index (χ0n) is 15.5. The summed E-state index contributed by atoms with van der Waals surface area (Å²) in [5.74, 6) is -0.740. The molecule has 0 saturated heterocycles. The average molecular weight is 375 g/mol. The van der Waals surface area contributed by atoms with Gasteiger partial charge in [0, 0.05) is 18.4 Å². The predicted octanol–water partition coefficient (Wildman–Crippen LogP) is 4.89. The Morgan fingerprint density at radius 1 is 0.786 bits per heavy atom. The Morgan fingerprint density at radius 2 is 1.39 bits per heavy atom. The van der Waals surface area contributed by atoms with Crippen molar-refractivity contribution >= 4 is 11.7 Å². The summed E-state index contributed by atoms with van der Waals surface area (Å²) in [4.78, 5) is 24.7. The molecule has 0 heterocycles. The topological polar surface area (TPSA) is 46.2 Å². The van der Waals surface area contributed by atoms with Crippen LogP contribution in [0.15, 0.2) is 84.9 Å². The number of amides is 1. The Hall–Kier alpha value is -3.27.